The third-order valence-electron chi connectivity index (χ3n) is 5.25. The lowest BCUT2D eigenvalue weighted by Crippen LogP contribution is -2.39. The van der Waals surface area contributed by atoms with Crippen LogP contribution in [-0.2, 0) is 11.2 Å². The van der Waals surface area contributed by atoms with Gasteiger partial charge in [-0.05, 0) is 56.4 Å². The summed E-state index contributed by atoms with van der Waals surface area (Å²) >= 11 is 0. The van der Waals surface area contributed by atoms with Crippen molar-refractivity contribution < 1.29 is 14.7 Å². The first-order valence-corrected chi connectivity index (χ1v) is 9.07. The second kappa shape index (κ2) is 7.72. The highest BCUT2D eigenvalue weighted by atomic mass is 16.4. The molecule has 1 aromatic carbocycles. The Hall–Kier alpha value is -2.63. The van der Waals surface area contributed by atoms with Crippen LogP contribution in [0.4, 0.5) is 0 Å². The fraction of sp³-hybridized carbons (Fsp3) is 0.450. The van der Waals surface area contributed by atoms with Crippen molar-refractivity contribution in [3.8, 4) is 0 Å². The van der Waals surface area contributed by atoms with Gasteiger partial charge in [0, 0.05) is 31.1 Å². The first-order valence-electron chi connectivity index (χ1n) is 9.07. The number of carboxylic acids is 1. The number of aryl methyl sites for hydroxylation is 2. The van der Waals surface area contributed by atoms with Crippen LogP contribution in [0.15, 0.2) is 24.3 Å². The Bertz CT molecular complexity index is 793. The molecule has 26 heavy (non-hydrogen) atoms. The Morgan fingerprint density at radius 2 is 2.15 bits per heavy atom. The van der Waals surface area contributed by atoms with Gasteiger partial charge in [-0.15, -0.1) is 0 Å². The molecule has 6 nitrogen and oxygen atoms in total. The van der Waals surface area contributed by atoms with Gasteiger partial charge in [-0.1, -0.05) is 12.1 Å². The van der Waals surface area contributed by atoms with Gasteiger partial charge in [-0.3, -0.25) is 9.89 Å². The number of carbonyl (C=O) groups is 2. The molecule has 0 unspecified atom stereocenters. The predicted molar refractivity (Wildman–Crippen MR) is 98.3 cm³/mol. The van der Waals surface area contributed by atoms with Crippen molar-refractivity contribution in [2.24, 2.45) is 0 Å². The summed E-state index contributed by atoms with van der Waals surface area (Å²) < 4.78 is 0. The number of amides is 1. The number of aromatic amines is 1. The number of nitrogens with one attached hydrogen (secondary N) is 1. The number of rotatable bonds is 5. The highest BCUT2D eigenvalue weighted by molar-refractivity contribution is 5.87. The number of nitrogens with zero attached hydrogens (tertiary/aromatic N) is 2. The lowest BCUT2D eigenvalue weighted by molar-refractivity contribution is -0.132. The topological polar surface area (TPSA) is 86.3 Å². The number of benzene rings is 1. The molecule has 1 aliphatic rings. The molecule has 0 radical (unpaired) electrons. The van der Waals surface area contributed by atoms with Crippen LogP contribution in [-0.4, -0.2) is 45.2 Å². The molecule has 1 aliphatic heterocycles. The van der Waals surface area contributed by atoms with E-state index < -0.39 is 5.97 Å². The van der Waals surface area contributed by atoms with Crippen LogP contribution in [0.2, 0.25) is 0 Å². The summed E-state index contributed by atoms with van der Waals surface area (Å²) in [5.74, 6) is -0.560. The normalized spacial score (nSPS) is 17.3. The van der Waals surface area contributed by atoms with E-state index in [4.69, 9.17) is 0 Å². The smallest absolute Gasteiger partial charge is 0.335 e. The zero-order valence-electron chi connectivity index (χ0n) is 15.3. The molecular weight excluding hydrogens is 330 g/mol. The summed E-state index contributed by atoms with van der Waals surface area (Å²) in [5, 5.41) is 16.3. The summed E-state index contributed by atoms with van der Waals surface area (Å²) in [6.45, 7) is 5.37. The van der Waals surface area contributed by atoms with Gasteiger partial charge >= 0.3 is 5.97 Å². The molecule has 0 saturated carbocycles. The van der Waals surface area contributed by atoms with E-state index in [0.717, 1.165) is 41.9 Å². The van der Waals surface area contributed by atoms with Crippen LogP contribution < -0.4 is 0 Å². The lowest BCUT2D eigenvalue weighted by Gasteiger charge is -2.33. The third kappa shape index (κ3) is 3.95. The summed E-state index contributed by atoms with van der Waals surface area (Å²) in [6, 6.07) is 7.08. The minimum atomic E-state index is -0.915. The largest absolute Gasteiger partial charge is 0.478 e. The van der Waals surface area contributed by atoms with Crippen molar-refractivity contribution in [2.75, 3.05) is 13.1 Å². The maximum atomic E-state index is 12.7. The number of aromatic carboxylic acids is 1. The molecule has 0 aliphatic carbocycles. The second-order valence-electron chi connectivity index (χ2n) is 7.02. The molecular formula is C20H25N3O3. The van der Waals surface area contributed by atoms with Gasteiger partial charge < -0.3 is 10.0 Å². The van der Waals surface area contributed by atoms with Crippen LogP contribution in [0.25, 0.3) is 0 Å². The number of carboxylic acid groups (broad SMARTS) is 1. The van der Waals surface area contributed by atoms with E-state index in [1.807, 2.05) is 24.8 Å². The van der Waals surface area contributed by atoms with Gasteiger partial charge in [0.25, 0.3) is 0 Å². The van der Waals surface area contributed by atoms with Crippen LogP contribution in [0, 0.1) is 13.8 Å². The summed E-state index contributed by atoms with van der Waals surface area (Å²) in [5.41, 5.74) is 4.41. The highest BCUT2D eigenvalue weighted by Gasteiger charge is 2.25. The molecule has 0 bridgehead atoms. The molecule has 1 saturated heterocycles. The van der Waals surface area contributed by atoms with Crippen molar-refractivity contribution in [1.29, 1.82) is 0 Å². The summed E-state index contributed by atoms with van der Waals surface area (Å²) in [4.78, 5) is 25.8. The van der Waals surface area contributed by atoms with Crippen LogP contribution in [0.3, 0.4) is 0 Å². The number of carbonyl (C=O) groups excluding carboxylic acids is 1. The molecule has 0 spiro atoms. The Labute approximate surface area is 153 Å². The van der Waals surface area contributed by atoms with E-state index in [1.54, 1.807) is 18.2 Å². The molecule has 2 heterocycles. The monoisotopic (exact) mass is 355 g/mol. The quantitative estimate of drug-likeness (QED) is 0.863. The van der Waals surface area contributed by atoms with Gasteiger partial charge in [0.2, 0.25) is 5.91 Å². The fourth-order valence-corrected chi connectivity index (χ4v) is 3.73. The van der Waals surface area contributed by atoms with Crippen molar-refractivity contribution >= 4 is 11.9 Å². The maximum Gasteiger partial charge on any atom is 0.335 e. The van der Waals surface area contributed by atoms with Crippen LogP contribution in [0.1, 0.15) is 58.1 Å². The Kier molecular flexibility index (Phi) is 5.40. The fourth-order valence-electron chi connectivity index (χ4n) is 3.73. The van der Waals surface area contributed by atoms with E-state index in [1.165, 1.54) is 0 Å². The Morgan fingerprint density at radius 3 is 2.85 bits per heavy atom. The van der Waals surface area contributed by atoms with Gasteiger partial charge in [-0.25, -0.2) is 4.79 Å². The second-order valence-corrected chi connectivity index (χ2v) is 7.02. The van der Waals surface area contributed by atoms with Gasteiger partial charge in [0.1, 0.15) is 0 Å². The molecule has 1 atom stereocenters. The predicted octanol–water partition coefficient (Wildman–Crippen LogP) is 3.06. The standard InChI is InChI=1S/C20H25N3O3/c1-13-18(14(2)22-21-13)8-9-19(24)23-10-4-7-17(12-23)15-5-3-6-16(11-15)20(25)26/h3,5-6,11,17H,4,7-10,12H2,1-2H3,(H,21,22)(H,25,26)/t17-/m0/s1. The number of aromatic nitrogens is 2. The Morgan fingerprint density at radius 1 is 1.35 bits per heavy atom. The number of likely N-dealkylation sites (tertiary alicyclic amines) is 1. The Balaban J connectivity index is 1.63. The van der Waals surface area contributed by atoms with E-state index in [2.05, 4.69) is 10.2 Å². The maximum absolute atomic E-state index is 12.7. The molecule has 3 rings (SSSR count). The molecule has 138 valence electrons. The average molecular weight is 355 g/mol. The summed E-state index contributed by atoms with van der Waals surface area (Å²) in [6.07, 6.45) is 3.09. The molecule has 6 heteroatoms. The number of hydrogen-bond donors (Lipinski definition) is 2. The zero-order valence-corrected chi connectivity index (χ0v) is 15.3. The van der Waals surface area contributed by atoms with Crippen molar-refractivity contribution in [3.05, 3.63) is 52.3 Å². The van der Waals surface area contributed by atoms with Gasteiger partial charge in [-0.2, -0.15) is 5.10 Å². The van der Waals surface area contributed by atoms with Crippen molar-refractivity contribution in [2.45, 2.75) is 45.4 Å². The van der Waals surface area contributed by atoms with Crippen LogP contribution >= 0.6 is 0 Å². The number of H-pyrrole nitrogens is 1. The van der Waals surface area contributed by atoms with E-state index in [0.29, 0.717) is 24.9 Å². The lowest BCUT2D eigenvalue weighted by atomic mass is 9.89. The van der Waals surface area contributed by atoms with E-state index in [9.17, 15) is 14.7 Å². The first-order chi connectivity index (χ1) is 12.5. The third-order valence-corrected chi connectivity index (χ3v) is 5.25. The molecule has 1 aromatic heterocycles. The van der Waals surface area contributed by atoms with E-state index in [-0.39, 0.29) is 11.8 Å². The minimum absolute atomic E-state index is 0.157. The number of hydrogen-bond acceptors (Lipinski definition) is 3. The van der Waals surface area contributed by atoms with Gasteiger partial charge in [0.05, 0.1) is 11.3 Å². The van der Waals surface area contributed by atoms with Gasteiger partial charge in [0.15, 0.2) is 0 Å². The number of piperidine rings is 1. The zero-order chi connectivity index (χ0) is 18.7. The first kappa shape index (κ1) is 18.2. The molecule has 2 N–H and O–H groups in total. The van der Waals surface area contributed by atoms with Crippen LogP contribution in [0.5, 0.6) is 0 Å². The highest BCUT2D eigenvalue weighted by Crippen LogP contribution is 2.28. The van der Waals surface area contributed by atoms with Crippen molar-refractivity contribution in [1.82, 2.24) is 15.1 Å². The van der Waals surface area contributed by atoms with E-state index >= 15 is 0 Å². The molecule has 1 fully saturated rings. The molecule has 1 amide bonds. The minimum Gasteiger partial charge on any atom is -0.478 e. The summed E-state index contributed by atoms with van der Waals surface area (Å²) in [7, 11) is 0. The SMILES string of the molecule is Cc1n[nH]c(C)c1CCC(=O)N1CCC[C@H](c2cccc(C(=O)O)c2)C1. The van der Waals surface area contributed by atoms with Crippen molar-refractivity contribution in [3.63, 3.8) is 0 Å². The molecule has 2 aromatic rings. The average Bonchev–Trinajstić information content (AvgIpc) is 2.97.